The van der Waals surface area contributed by atoms with Gasteiger partial charge in [-0.2, -0.15) is 0 Å². The van der Waals surface area contributed by atoms with Crippen LogP contribution in [0.3, 0.4) is 0 Å². The first kappa shape index (κ1) is 15.9. The molecule has 1 aromatic carbocycles. The molecule has 6 nitrogen and oxygen atoms in total. The summed E-state index contributed by atoms with van der Waals surface area (Å²) in [5, 5.41) is 7.94. The largest absolute Gasteiger partial charge is 0.352 e. The predicted octanol–water partition coefficient (Wildman–Crippen LogP) is 0.292. The summed E-state index contributed by atoms with van der Waals surface area (Å²) < 4.78 is 22.3. The second kappa shape index (κ2) is 6.55. The number of nitrogens with one attached hydrogen (secondary N) is 1. The quantitative estimate of drug-likeness (QED) is 0.836. The molecule has 0 radical (unpaired) electrons. The SMILES string of the molecule is CN1CCC(C(=O)NCc2ccc(S(N)(=O)=O)cc2)CC1. The minimum atomic E-state index is -3.67. The molecule has 0 bridgehead atoms. The van der Waals surface area contributed by atoms with Gasteiger partial charge in [0, 0.05) is 12.5 Å². The Morgan fingerprint density at radius 3 is 2.38 bits per heavy atom. The Morgan fingerprint density at radius 1 is 1.29 bits per heavy atom. The molecule has 116 valence electrons. The van der Waals surface area contributed by atoms with E-state index in [1.165, 1.54) is 12.1 Å². The van der Waals surface area contributed by atoms with Crippen molar-refractivity contribution in [2.45, 2.75) is 24.3 Å². The number of likely N-dealkylation sites (tertiary alicyclic amines) is 1. The van der Waals surface area contributed by atoms with Crippen LogP contribution in [-0.4, -0.2) is 39.4 Å². The number of rotatable bonds is 4. The van der Waals surface area contributed by atoms with E-state index in [9.17, 15) is 13.2 Å². The highest BCUT2D eigenvalue weighted by Crippen LogP contribution is 2.16. The maximum atomic E-state index is 12.1. The van der Waals surface area contributed by atoms with Gasteiger partial charge in [-0.25, -0.2) is 13.6 Å². The van der Waals surface area contributed by atoms with Crippen LogP contribution >= 0.6 is 0 Å². The van der Waals surface area contributed by atoms with Crippen LogP contribution < -0.4 is 10.5 Å². The molecule has 0 saturated carbocycles. The van der Waals surface area contributed by atoms with Crippen molar-refractivity contribution < 1.29 is 13.2 Å². The molecule has 0 aliphatic carbocycles. The normalized spacial score (nSPS) is 17.6. The first-order chi connectivity index (χ1) is 9.86. The van der Waals surface area contributed by atoms with Crippen LogP contribution in [0, 0.1) is 5.92 Å². The van der Waals surface area contributed by atoms with Crippen molar-refractivity contribution >= 4 is 15.9 Å². The van der Waals surface area contributed by atoms with Crippen molar-refractivity contribution in [2.24, 2.45) is 11.1 Å². The molecule has 21 heavy (non-hydrogen) atoms. The van der Waals surface area contributed by atoms with E-state index in [-0.39, 0.29) is 16.7 Å². The number of hydrogen-bond acceptors (Lipinski definition) is 4. The molecule has 1 amide bonds. The molecule has 2 rings (SSSR count). The number of amides is 1. The fraction of sp³-hybridized carbons (Fsp3) is 0.500. The molecule has 0 aromatic heterocycles. The summed E-state index contributed by atoms with van der Waals surface area (Å²) in [6, 6.07) is 6.22. The summed E-state index contributed by atoms with van der Waals surface area (Å²) in [4.78, 5) is 14.4. The van der Waals surface area contributed by atoms with Crippen LogP contribution in [0.2, 0.25) is 0 Å². The lowest BCUT2D eigenvalue weighted by molar-refractivity contribution is -0.126. The zero-order valence-electron chi connectivity index (χ0n) is 12.1. The van der Waals surface area contributed by atoms with Crippen molar-refractivity contribution in [2.75, 3.05) is 20.1 Å². The Labute approximate surface area is 125 Å². The van der Waals surface area contributed by atoms with Crippen molar-refractivity contribution in [3.8, 4) is 0 Å². The minimum absolute atomic E-state index is 0.0682. The van der Waals surface area contributed by atoms with E-state index in [2.05, 4.69) is 17.3 Å². The summed E-state index contributed by atoms with van der Waals surface area (Å²) in [5.41, 5.74) is 0.851. The van der Waals surface area contributed by atoms with E-state index < -0.39 is 10.0 Å². The molecule has 7 heteroatoms. The van der Waals surface area contributed by atoms with E-state index in [1.807, 2.05) is 0 Å². The van der Waals surface area contributed by atoms with Gasteiger partial charge >= 0.3 is 0 Å². The number of piperidine rings is 1. The van der Waals surface area contributed by atoms with Gasteiger partial charge in [-0.1, -0.05) is 12.1 Å². The number of nitrogens with zero attached hydrogens (tertiary/aromatic N) is 1. The lowest BCUT2D eigenvalue weighted by atomic mass is 9.96. The molecule has 0 spiro atoms. The average Bonchev–Trinajstić information content (AvgIpc) is 2.45. The van der Waals surface area contributed by atoms with Gasteiger partial charge in [-0.3, -0.25) is 4.79 Å². The predicted molar refractivity (Wildman–Crippen MR) is 79.9 cm³/mol. The lowest BCUT2D eigenvalue weighted by Gasteiger charge is -2.28. The summed E-state index contributed by atoms with van der Waals surface area (Å²) in [5.74, 6) is 0.142. The molecule has 0 unspecified atom stereocenters. The van der Waals surface area contributed by atoms with Crippen LogP contribution in [-0.2, 0) is 21.4 Å². The molecule has 1 aliphatic heterocycles. The highest BCUT2D eigenvalue weighted by Gasteiger charge is 2.22. The molecule has 1 saturated heterocycles. The first-order valence-electron chi connectivity index (χ1n) is 6.94. The molecule has 1 aliphatic rings. The van der Waals surface area contributed by atoms with Crippen molar-refractivity contribution in [3.05, 3.63) is 29.8 Å². The van der Waals surface area contributed by atoms with Crippen molar-refractivity contribution in [3.63, 3.8) is 0 Å². The van der Waals surface area contributed by atoms with E-state index in [0.717, 1.165) is 31.5 Å². The monoisotopic (exact) mass is 311 g/mol. The highest BCUT2D eigenvalue weighted by molar-refractivity contribution is 7.89. The van der Waals surface area contributed by atoms with E-state index in [1.54, 1.807) is 12.1 Å². The van der Waals surface area contributed by atoms with Gasteiger partial charge < -0.3 is 10.2 Å². The van der Waals surface area contributed by atoms with Crippen molar-refractivity contribution in [1.29, 1.82) is 0 Å². The zero-order valence-corrected chi connectivity index (χ0v) is 12.9. The van der Waals surface area contributed by atoms with E-state index >= 15 is 0 Å². The maximum absolute atomic E-state index is 12.1. The van der Waals surface area contributed by atoms with Crippen molar-refractivity contribution in [1.82, 2.24) is 10.2 Å². The minimum Gasteiger partial charge on any atom is -0.352 e. The number of primary sulfonamides is 1. The maximum Gasteiger partial charge on any atom is 0.238 e. The molecule has 1 heterocycles. The number of carbonyl (C=O) groups is 1. The van der Waals surface area contributed by atoms with Gasteiger partial charge in [0.1, 0.15) is 0 Å². The van der Waals surface area contributed by atoms with Crippen LogP contribution in [0.15, 0.2) is 29.2 Å². The smallest absolute Gasteiger partial charge is 0.238 e. The standard InChI is InChI=1S/C14H21N3O3S/c1-17-8-6-12(7-9-17)14(18)16-10-11-2-4-13(5-3-11)21(15,19)20/h2-5,12H,6-10H2,1H3,(H,16,18)(H2,15,19,20). The van der Waals surface area contributed by atoms with E-state index in [0.29, 0.717) is 6.54 Å². The van der Waals surface area contributed by atoms with E-state index in [4.69, 9.17) is 5.14 Å². The fourth-order valence-corrected chi connectivity index (χ4v) is 2.92. The second-order valence-electron chi connectivity index (χ2n) is 5.48. The molecular weight excluding hydrogens is 290 g/mol. The van der Waals surface area contributed by atoms with Gasteiger partial charge in [-0.15, -0.1) is 0 Å². The van der Waals surface area contributed by atoms with Gasteiger partial charge in [0.05, 0.1) is 4.90 Å². The fourth-order valence-electron chi connectivity index (χ4n) is 2.40. The third-order valence-electron chi connectivity index (χ3n) is 3.81. The van der Waals surface area contributed by atoms with Gasteiger partial charge in [0.2, 0.25) is 15.9 Å². The molecular formula is C14H21N3O3S. The number of hydrogen-bond donors (Lipinski definition) is 2. The summed E-state index contributed by atoms with van der Waals surface area (Å²) in [6.07, 6.45) is 1.76. The van der Waals surface area contributed by atoms with Crippen LogP contribution in [0.25, 0.3) is 0 Å². The molecule has 1 fully saturated rings. The Bertz CT molecular complexity index is 590. The van der Waals surface area contributed by atoms with Crippen LogP contribution in [0.5, 0.6) is 0 Å². The van der Waals surface area contributed by atoms with Crippen LogP contribution in [0.1, 0.15) is 18.4 Å². The average molecular weight is 311 g/mol. The number of benzene rings is 1. The number of nitrogens with two attached hydrogens (primary N) is 1. The topological polar surface area (TPSA) is 92.5 Å². The molecule has 0 atom stereocenters. The lowest BCUT2D eigenvalue weighted by Crippen LogP contribution is -2.38. The molecule has 3 N–H and O–H groups in total. The van der Waals surface area contributed by atoms with Crippen LogP contribution in [0.4, 0.5) is 0 Å². The zero-order chi connectivity index (χ0) is 15.5. The summed E-state index contributed by atoms with van der Waals surface area (Å²) >= 11 is 0. The summed E-state index contributed by atoms with van der Waals surface area (Å²) in [7, 11) is -1.61. The number of carbonyl (C=O) groups excluding carboxylic acids is 1. The first-order valence-corrected chi connectivity index (χ1v) is 8.49. The third kappa shape index (κ3) is 4.52. The Morgan fingerprint density at radius 2 is 1.86 bits per heavy atom. The Hall–Kier alpha value is -1.44. The van der Waals surface area contributed by atoms with Gasteiger partial charge in [0.25, 0.3) is 0 Å². The Kier molecular flexibility index (Phi) is 4.97. The second-order valence-corrected chi connectivity index (χ2v) is 7.05. The third-order valence-corrected chi connectivity index (χ3v) is 4.74. The van der Waals surface area contributed by atoms with Gasteiger partial charge in [0.15, 0.2) is 0 Å². The molecule has 1 aromatic rings. The Balaban J connectivity index is 1.87. The highest BCUT2D eigenvalue weighted by atomic mass is 32.2. The number of sulfonamides is 1. The van der Waals surface area contributed by atoms with Gasteiger partial charge in [-0.05, 0) is 50.7 Å². The summed E-state index contributed by atoms with van der Waals surface area (Å²) in [6.45, 7) is 2.29.